The number of halogens is 1. The number of carbonyl (C=O) groups excluding carboxylic acids is 1. The van der Waals surface area contributed by atoms with Gasteiger partial charge in [0.25, 0.3) is 0 Å². The minimum absolute atomic E-state index is 0.308. The zero-order valence-electron chi connectivity index (χ0n) is 10.1. The highest BCUT2D eigenvalue weighted by Crippen LogP contribution is 2.30. The van der Waals surface area contributed by atoms with Gasteiger partial charge in [0.05, 0.1) is 0 Å². The van der Waals surface area contributed by atoms with Crippen LogP contribution in [-0.2, 0) is 11.2 Å². The van der Waals surface area contributed by atoms with E-state index in [0.717, 1.165) is 21.6 Å². The third-order valence-electron chi connectivity index (χ3n) is 2.67. The van der Waals surface area contributed by atoms with Crippen molar-refractivity contribution in [2.75, 3.05) is 0 Å². The van der Waals surface area contributed by atoms with Crippen molar-refractivity contribution in [2.24, 2.45) is 5.73 Å². The SMILES string of the molecule is Cc1ccc(-c2ccc(CCC(N)=O)o2)c(Br)c1. The van der Waals surface area contributed by atoms with Crippen molar-refractivity contribution in [3.8, 4) is 11.3 Å². The third kappa shape index (κ3) is 3.01. The molecule has 0 spiro atoms. The zero-order valence-corrected chi connectivity index (χ0v) is 11.7. The number of hydrogen-bond donors (Lipinski definition) is 1. The molecule has 1 aromatic heterocycles. The quantitative estimate of drug-likeness (QED) is 0.940. The number of aryl methyl sites for hydroxylation is 2. The molecule has 4 heteroatoms. The monoisotopic (exact) mass is 307 g/mol. The van der Waals surface area contributed by atoms with Crippen LogP contribution < -0.4 is 5.73 Å². The Kier molecular flexibility index (Phi) is 3.87. The Balaban J connectivity index is 2.21. The van der Waals surface area contributed by atoms with Crippen LogP contribution in [0.5, 0.6) is 0 Å². The van der Waals surface area contributed by atoms with Crippen LogP contribution in [0.4, 0.5) is 0 Å². The van der Waals surface area contributed by atoms with E-state index in [9.17, 15) is 4.79 Å². The number of carbonyl (C=O) groups is 1. The van der Waals surface area contributed by atoms with Gasteiger partial charge in [0.15, 0.2) is 0 Å². The number of nitrogens with two attached hydrogens (primary N) is 1. The van der Waals surface area contributed by atoms with Gasteiger partial charge in [-0.05, 0) is 36.8 Å². The second kappa shape index (κ2) is 5.40. The van der Waals surface area contributed by atoms with Crippen molar-refractivity contribution in [2.45, 2.75) is 19.8 Å². The Morgan fingerprint density at radius 1 is 1.33 bits per heavy atom. The summed E-state index contributed by atoms with van der Waals surface area (Å²) in [5.41, 5.74) is 7.30. The number of rotatable bonds is 4. The molecule has 0 aliphatic rings. The zero-order chi connectivity index (χ0) is 13.1. The first-order chi connectivity index (χ1) is 8.56. The molecule has 2 rings (SSSR count). The fraction of sp³-hybridized carbons (Fsp3) is 0.214. The molecule has 0 atom stereocenters. The first-order valence-electron chi connectivity index (χ1n) is 5.70. The van der Waals surface area contributed by atoms with Gasteiger partial charge in [0, 0.05) is 22.9 Å². The van der Waals surface area contributed by atoms with Gasteiger partial charge >= 0.3 is 0 Å². The summed E-state index contributed by atoms with van der Waals surface area (Å²) in [6.45, 7) is 2.04. The smallest absolute Gasteiger partial charge is 0.217 e. The van der Waals surface area contributed by atoms with Gasteiger partial charge in [0.2, 0.25) is 5.91 Å². The summed E-state index contributed by atoms with van der Waals surface area (Å²) in [6.07, 6.45) is 0.848. The van der Waals surface area contributed by atoms with Gasteiger partial charge in [0.1, 0.15) is 11.5 Å². The Morgan fingerprint density at radius 3 is 2.78 bits per heavy atom. The molecule has 0 unspecified atom stereocenters. The van der Waals surface area contributed by atoms with Crippen LogP contribution in [0.2, 0.25) is 0 Å². The fourth-order valence-electron chi connectivity index (χ4n) is 1.72. The molecule has 1 aromatic carbocycles. The maximum atomic E-state index is 10.7. The summed E-state index contributed by atoms with van der Waals surface area (Å²) in [6, 6.07) is 9.87. The molecule has 18 heavy (non-hydrogen) atoms. The minimum Gasteiger partial charge on any atom is -0.461 e. The molecule has 0 fully saturated rings. The number of hydrogen-bond acceptors (Lipinski definition) is 2. The predicted octanol–water partition coefficient (Wildman–Crippen LogP) is 3.44. The molecule has 3 nitrogen and oxygen atoms in total. The van der Waals surface area contributed by atoms with E-state index in [4.69, 9.17) is 10.2 Å². The van der Waals surface area contributed by atoms with Crippen molar-refractivity contribution in [1.29, 1.82) is 0 Å². The first-order valence-corrected chi connectivity index (χ1v) is 6.49. The lowest BCUT2D eigenvalue weighted by molar-refractivity contribution is -0.118. The Labute approximate surface area is 114 Å². The predicted molar refractivity (Wildman–Crippen MR) is 74.1 cm³/mol. The van der Waals surface area contributed by atoms with Crippen LogP contribution in [0.15, 0.2) is 39.2 Å². The van der Waals surface area contributed by atoms with Crippen LogP contribution in [0.1, 0.15) is 17.7 Å². The van der Waals surface area contributed by atoms with Crippen LogP contribution >= 0.6 is 15.9 Å². The molecule has 1 heterocycles. The van der Waals surface area contributed by atoms with E-state index in [1.165, 1.54) is 5.56 Å². The summed E-state index contributed by atoms with van der Waals surface area (Å²) in [5, 5.41) is 0. The first kappa shape index (κ1) is 12.9. The molecule has 0 radical (unpaired) electrons. The normalized spacial score (nSPS) is 10.6. The van der Waals surface area contributed by atoms with E-state index in [1.807, 2.05) is 37.3 Å². The van der Waals surface area contributed by atoms with E-state index in [1.54, 1.807) is 0 Å². The number of primary amides is 1. The van der Waals surface area contributed by atoms with Crippen molar-refractivity contribution >= 4 is 21.8 Å². The second-order valence-corrected chi connectivity index (χ2v) is 5.07. The van der Waals surface area contributed by atoms with Gasteiger partial charge < -0.3 is 10.2 Å². The number of benzene rings is 1. The average Bonchev–Trinajstić information content (AvgIpc) is 2.75. The lowest BCUT2D eigenvalue weighted by Crippen LogP contribution is -2.10. The van der Waals surface area contributed by atoms with E-state index in [-0.39, 0.29) is 5.91 Å². The summed E-state index contributed by atoms with van der Waals surface area (Å²) in [7, 11) is 0. The number of amides is 1. The molecule has 0 bridgehead atoms. The highest BCUT2D eigenvalue weighted by molar-refractivity contribution is 9.10. The Morgan fingerprint density at radius 2 is 2.11 bits per heavy atom. The van der Waals surface area contributed by atoms with E-state index < -0.39 is 0 Å². The molecule has 0 aliphatic carbocycles. The summed E-state index contributed by atoms with van der Waals surface area (Å²) in [5.74, 6) is 1.25. The van der Waals surface area contributed by atoms with Crippen molar-refractivity contribution < 1.29 is 9.21 Å². The van der Waals surface area contributed by atoms with Crippen LogP contribution in [0, 0.1) is 6.92 Å². The molecule has 1 amide bonds. The molecule has 2 aromatic rings. The van der Waals surface area contributed by atoms with Crippen molar-refractivity contribution in [3.63, 3.8) is 0 Å². The molecular formula is C14H14BrNO2. The second-order valence-electron chi connectivity index (χ2n) is 4.22. The number of furan rings is 1. The van der Waals surface area contributed by atoms with Crippen LogP contribution in [0.25, 0.3) is 11.3 Å². The molecular weight excluding hydrogens is 294 g/mol. The average molecular weight is 308 g/mol. The van der Waals surface area contributed by atoms with Gasteiger partial charge in [-0.3, -0.25) is 4.79 Å². The Bertz CT molecular complexity index is 575. The fourth-order valence-corrected chi connectivity index (χ4v) is 2.41. The summed E-state index contributed by atoms with van der Waals surface area (Å²) < 4.78 is 6.70. The van der Waals surface area contributed by atoms with E-state index >= 15 is 0 Å². The summed E-state index contributed by atoms with van der Waals surface area (Å²) in [4.78, 5) is 10.7. The van der Waals surface area contributed by atoms with Crippen molar-refractivity contribution in [1.82, 2.24) is 0 Å². The lowest BCUT2D eigenvalue weighted by atomic mass is 10.1. The highest BCUT2D eigenvalue weighted by Gasteiger charge is 2.09. The highest BCUT2D eigenvalue weighted by atomic mass is 79.9. The van der Waals surface area contributed by atoms with Crippen LogP contribution in [-0.4, -0.2) is 5.91 Å². The minimum atomic E-state index is -0.315. The molecule has 0 saturated carbocycles. The molecule has 94 valence electrons. The van der Waals surface area contributed by atoms with Gasteiger partial charge in [-0.2, -0.15) is 0 Å². The maximum absolute atomic E-state index is 10.7. The maximum Gasteiger partial charge on any atom is 0.217 e. The third-order valence-corrected chi connectivity index (χ3v) is 3.33. The van der Waals surface area contributed by atoms with E-state index in [0.29, 0.717) is 12.8 Å². The van der Waals surface area contributed by atoms with Crippen LogP contribution in [0.3, 0.4) is 0 Å². The lowest BCUT2D eigenvalue weighted by Gasteiger charge is -2.02. The van der Waals surface area contributed by atoms with Gasteiger partial charge in [-0.15, -0.1) is 0 Å². The largest absolute Gasteiger partial charge is 0.461 e. The molecule has 0 saturated heterocycles. The van der Waals surface area contributed by atoms with E-state index in [2.05, 4.69) is 15.9 Å². The van der Waals surface area contributed by atoms with Gasteiger partial charge in [-0.1, -0.05) is 22.0 Å². The Hall–Kier alpha value is -1.55. The van der Waals surface area contributed by atoms with Gasteiger partial charge in [-0.25, -0.2) is 0 Å². The molecule has 0 aliphatic heterocycles. The summed E-state index contributed by atoms with van der Waals surface area (Å²) >= 11 is 3.52. The topological polar surface area (TPSA) is 56.2 Å². The standard InChI is InChI=1S/C14H14BrNO2/c1-9-2-5-11(12(15)8-9)13-6-3-10(18-13)4-7-14(16)17/h2-3,5-6,8H,4,7H2,1H3,(H2,16,17). The van der Waals surface area contributed by atoms with Crippen molar-refractivity contribution in [3.05, 3.63) is 46.1 Å². The molecule has 2 N–H and O–H groups in total.